The Labute approximate surface area is 177 Å². The van der Waals surface area contributed by atoms with E-state index in [4.69, 9.17) is 4.74 Å². The third-order valence-corrected chi connectivity index (χ3v) is 6.44. The van der Waals surface area contributed by atoms with E-state index in [1.165, 1.54) is 17.6 Å². The summed E-state index contributed by atoms with van der Waals surface area (Å²) < 4.78 is 4.98. The normalized spacial score (nSPS) is 16.1. The van der Waals surface area contributed by atoms with Crippen molar-refractivity contribution in [3.8, 4) is 10.4 Å². The third kappa shape index (κ3) is 5.25. The van der Waals surface area contributed by atoms with Crippen LogP contribution in [0.15, 0.2) is 41.8 Å². The first-order valence-electron chi connectivity index (χ1n) is 10.1. The number of thiophene rings is 1. The van der Waals surface area contributed by atoms with Crippen molar-refractivity contribution in [1.29, 1.82) is 0 Å². The maximum absolute atomic E-state index is 13.2. The Morgan fingerprint density at radius 1 is 1.21 bits per heavy atom. The summed E-state index contributed by atoms with van der Waals surface area (Å²) in [5, 5.41) is 5.20. The van der Waals surface area contributed by atoms with Crippen LogP contribution in [0.25, 0.3) is 10.4 Å². The molecule has 0 aliphatic carbocycles. The van der Waals surface area contributed by atoms with E-state index in [-0.39, 0.29) is 24.5 Å². The number of rotatable bonds is 7. The van der Waals surface area contributed by atoms with Crippen molar-refractivity contribution in [2.24, 2.45) is 5.41 Å². The van der Waals surface area contributed by atoms with Crippen LogP contribution < -0.4 is 5.32 Å². The molecule has 1 aromatic carbocycles. The summed E-state index contributed by atoms with van der Waals surface area (Å²) in [6.07, 6.45) is 1.99. The molecule has 0 atom stereocenters. The first-order valence-corrected chi connectivity index (χ1v) is 11.0. The van der Waals surface area contributed by atoms with Crippen molar-refractivity contribution < 1.29 is 14.3 Å². The summed E-state index contributed by atoms with van der Waals surface area (Å²) in [5.41, 5.74) is 1.85. The number of likely N-dealkylation sites (tertiary alicyclic amines) is 1. The van der Waals surface area contributed by atoms with E-state index in [9.17, 15) is 9.59 Å². The number of amides is 2. The molecular weight excluding hydrogens is 384 g/mol. The van der Waals surface area contributed by atoms with E-state index in [0.29, 0.717) is 32.4 Å². The fourth-order valence-electron chi connectivity index (χ4n) is 3.97. The molecule has 6 heteroatoms. The number of piperidine rings is 1. The quantitative estimate of drug-likeness (QED) is 0.751. The number of hydrogen-bond donors (Lipinski definition) is 1. The SMILES string of the molecule is COCC(=O)N1CCC(Cc2cccc(-c3cccs3)c2)(C(=O)NC(C)C)CC1. The van der Waals surface area contributed by atoms with Gasteiger partial charge in [-0.05, 0) is 55.7 Å². The van der Waals surface area contributed by atoms with Gasteiger partial charge in [0.1, 0.15) is 6.61 Å². The summed E-state index contributed by atoms with van der Waals surface area (Å²) in [7, 11) is 1.53. The number of benzene rings is 1. The number of nitrogens with one attached hydrogen (secondary N) is 1. The maximum atomic E-state index is 13.2. The molecule has 0 radical (unpaired) electrons. The van der Waals surface area contributed by atoms with Crippen LogP contribution in [0.3, 0.4) is 0 Å². The largest absolute Gasteiger partial charge is 0.375 e. The van der Waals surface area contributed by atoms with Gasteiger partial charge in [0.15, 0.2) is 0 Å². The van der Waals surface area contributed by atoms with Gasteiger partial charge in [0.25, 0.3) is 0 Å². The molecule has 1 aromatic heterocycles. The van der Waals surface area contributed by atoms with Gasteiger partial charge in [0.2, 0.25) is 11.8 Å². The fraction of sp³-hybridized carbons (Fsp3) is 0.478. The van der Waals surface area contributed by atoms with Gasteiger partial charge in [-0.3, -0.25) is 9.59 Å². The third-order valence-electron chi connectivity index (χ3n) is 5.52. The van der Waals surface area contributed by atoms with Crippen molar-refractivity contribution in [2.75, 3.05) is 26.8 Å². The van der Waals surface area contributed by atoms with Crippen molar-refractivity contribution in [1.82, 2.24) is 10.2 Å². The minimum Gasteiger partial charge on any atom is -0.375 e. The number of nitrogens with zero attached hydrogens (tertiary/aromatic N) is 1. The van der Waals surface area contributed by atoms with Gasteiger partial charge in [-0.25, -0.2) is 0 Å². The predicted octanol–water partition coefficient (Wildman–Crippen LogP) is 3.74. The Kier molecular flexibility index (Phi) is 7.09. The molecule has 0 bridgehead atoms. The highest BCUT2D eigenvalue weighted by molar-refractivity contribution is 7.13. The summed E-state index contributed by atoms with van der Waals surface area (Å²) in [6, 6.07) is 12.7. The molecule has 1 fully saturated rings. The molecule has 156 valence electrons. The highest BCUT2D eigenvalue weighted by Gasteiger charge is 2.42. The molecule has 0 unspecified atom stereocenters. The van der Waals surface area contributed by atoms with Gasteiger partial charge >= 0.3 is 0 Å². The number of carbonyl (C=O) groups excluding carboxylic acids is 2. The Morgan fingerprint density at radius 3 is 2.59 bits per heavy atom. The van der Waals surface area contributed by atoms with E-state index >= 15 is 0 Å². The summed E-state index contributed by atoms with van der Waals surface area (Å²) in [4.78, 5) is 28.4. The summed E-state index contributed by atoms with van der Waals surface area (Å²) >= 11 is 1.72. The predicted molar refractivity (Wildman–Crippen MR) is 117 cm³/mol. The smallest absolute Gasteiger partial charge is 0.248 e. The van der Waals surface area contributed by atoms with Crippen molar-refractivity contribution in [3.63, 3.8) is 0 Å². The maximum Gasteiger partial charge on any atom is 0.248 e. The van der Waals surface area contributed by atoms with E-state index in [1.54, 1.807) is 11.3 Å². The summed E-state index contributed by atoms with van der Waals surface area (Å²) in [6.45, 7) is 5.23. The van der Waals surface area contributed by atoms with Crippen molar-refractivity contribution in [2.45, 2.75) is 39.2 Å². The van der Waals surface area contributed by atoms with Crippen LogP contribution >= 0.6 is 11.3 Å². The van der Waals surface area contributed by atoms with Gasteiger partial charge in [0.05, 0.1) is 5.41 Å². The van der Waals surface area contributed by atoms with Gasteiger partial charge in [-0.2, -0.15) is 0 Å². The lowest BCUT2D eigenvalue weighted by Gasteiger charge is -2.41. The lowest BCUT2D eigenvalue weighted by Crippen LogP contribution is -2.52. The molecule has 2 aromatic rings. The second-order valence-electron chi connectivity index (χ2n) is 8.08. The average Bonchev–Trinajstić information content (AvgIpc) is 3.23. The van der Waals surface area contributed by atoms with Crippen molar-refractivity contribution in [3.05, 3.63) is 47.3 Å². The van der Waals surface area contributed by atoms with Gasteiger partial charge in [-0.15, -0.1) is 11.3 Å². The van der Waals surface area contributed by atoms with Gasteiger partial charge < -0.3 is 15.0 Å². The minimum atomic E-state index is -0.498. The Bertz CT molecular complexity index is 824. The molecule has 1 aliphatic heterocycles. The molecule has 3 rings (SSSR count). The van der Waals surface area contributed by atoms with E-state index < -0.39 is 5.41 Å². The van der Waals surface area contributed by atoms with Gasteiger partial charge in [-0.1, -0.05) is 30.3 Å². The first kappa shape index (κ1) is 21.5. The molecule has 1 aliphatic rings. The monoisotopic (exact) mass is 414 g/mol. The van der Waals surface area contributed by atoms with E-state index in [2.05, 4.69) is 47.1 Å². The van der Waals surface area contributed by atoms with Crippen LogP contribution in [0.5, 0.6) is 0 Å². The lowest BCUT2D eigenvalue weighted by molar-refractivity contribution is -0.143. The molecule has 2 heterocycles. The number of methoxy groups -OCH3 is 1. The number of ether oxygens (including phenoxy) is 1. The Hall–Kier alpha value is -2.18. The van der Waals surface area contributed by atoms with Gasteiger partial charge in [0, 0.05) is 31.1 Å². The van der Waals surface area contributed by atoms with Crippen LogP contribution in [0, 0.1) is 5.41 Å². The topological polar surface area (TPSA) is 58.6 Å². The second kappa shape index (κ2) is 9.55. The molecule has 2 amide bonds. The highest BCUT2D eigenvalue weighted by Crippen LogP contribution is 2.37. The molecular formula is C23H30N2O3S. The van der Waals surface area contributed by atoms with Crippen LogP contribution in [0.1, 0.15) is 32.3 Å². The molecule has 0 spiro atoms. The van der Waals surface area contributed by atoms with E-state index in [0.717, 1.165) is 5.56 Å². The lowest BCUT2D eigenvalue weighted by atomic mass is 9.72. The van der Waals surface area contributed by atoms with Crippen LogP contribution in [-0.2, 0) is 20.7 Å². The standard InChI is InChI=1S/C23H30N2O3S/c1-17(2)24-22(27)23(9-11-25(12-10-23)21(26)16-28-3)15-18-6-4-7-19(14-18)20-8-5-13-29-20/h4-8,13-14,17H,9-12,15-16H2,1-3H3,(H,24,27). The Morgan fingerprint density at radius 2 is 1.97 bits per heavy atom. The zero-order chi connectivity index (χ0) is 20.9. The van der Waals surface area contributed by atoms with Crippen LogP contribution in [0.4, 0.5) is 0 Å². The molecule has 1 N–H and O–H groups in total. The first-order chi connectivity index (χ1) is 13.9. The zero-order valence-electron chi connectivity index (χ0n) is 17.4. The molecule has 0 saturated carbocycles. The zero-order valence-corrected chi connectivity index (χ0v) is 18.3. The molecule has 5 nitrogen and oxygen atoms in total. The second-order valence-corrected chi connectivity index (χ2v) is 9.02. The Balaban J connectivity index is 1.81. The van der Waals surface area contributed by atoms with Crippen molar-refractivity contribution >= 4 is 23.2 Å². The number of carbonyl (C=O) groups is 2. The summed E-state index contributed by atoms with van der Waals surface area (Å²) in [5.74, 6) is 0.0814. The minimum absolute atomic E-state index is 0.00920. The fourth-order valence-corrected chi connectivity index (χ4v) is 4.69. The highest BCUT2D eigenvalue weighted by atomic mass is 32.1. The van der Waals surface area contributed by atoms with E-state index in [1.807, 2.05) is 18.7 Å². The van der Waals surface area contributed by atoms with Crippen LogP contribution in [-0.4, -0.2) is 49.6 Å². The average molecular weight is 415 g/mol. The van der Waals surface area contributed by atoms with Crippen LogP contribution in [0.2, 0.25) is 0 Å². The number of hydrogen-bond acceptors (Lipinski definition) is 4. The molecule has 29 heavy (non-hydrogen) atoms. The molecule has 1 saturated heterocycles.